The van der Waals surface area contributed by atoms with Crippen molar-refractivity contribution in [1.82, 2.24) is 5.32 Å². The SMILES string of the molecule is [C-]#[N+]C1=C[C@]2(C)C3=CC(=O)[C@@H]4[C@@H]5CC(C)(C)CC[C@]5(C(=O)CNC(C)=O)CC[C@@]4(C)[C@]3(C)CC[C@H]2[C@H](C)C1=O. The average Bonchev–Trinajstić information content (AvgIpc) is 2.86. The summed E-state index contributed by atoms with van der Waals surface area (Å²) < 4.78 is 0. The zero-order valence-corrected chi connectivity index (χ0v) is 24.7. The van der Waals surface area contributed by atoms with E-state index in [2.05, 4.69) is 44.8 Å². The molecule has 0 saturated heterocycles. The number of rotatable bonds is 3. The molecule has 1 amide bonds. The van der Waals surface area contributed by atoms with Crippen LogP contribution >= 0.6 is 0 Å². The zero-order chi connectivity index (χ0) is 28.8. The minimum absolute atomic E-state index is 0.0259. The standard InChI is InChI=1S/C33H44N2O4/c1-19-21-9-10-31(6)25(30(21,5)17-23(34-8)28(19)39)15-24(37)27-22-16-29(3,4)11-13-33(22,14-12-32(27,31)7)26(38)18-35-20(2)36/h15,17,19,21-22,27H,9-14,16,18H2,1-7H3,(H,35,36)/t19-,21-,22-,27-,30-,31+,32+,33-/m0/s1. The molecule has 0 aromatic heterocycles. The molecule has 5 rings (SSSR count). The van der Waals surface area contributed by atoms with Crippen LogP contribution in [0.1, 0.15) is 93.4 Å². The summed E-state index contributed by atoms with van der Waals surface area (Å²) in [5.41, 5.74) is -0.421. The first kappa shape index (κ1) is 28.0. The predicted molar refractivity (Wildman–Crippen MR) is 149 cm³/mol. The molecule has 0 aromatic rings. The van der Waals surface area contributed by atoms with Crippen molar-refractivity contribution in [1.29, 1.82) is 0 Å². The van der Waals surface area contributed by atoms with E-state index in [1.807, 2.05) is 19.1 Å². The third-order valence-electron chi connectivity index (χ3n) is 12.5. The number of hydrogen-bond donors (Lipinski definition) is 1. The average molecular weight is 533 g/mol. The van der Waals surface area contributed by atoms with Gasteiger partial charge in [-0.05, 0) is 79.1 Å². The highest BCUT2D eigenvalue weighted by Crippen LogP contribution is 2.73. The summed E-state index contributed by atoms with van der Waals surface area (Å²) in [5, 5.41) is 2.75. The fourth-order valence-electron chi connectivity index (χ4n) is 10.1. The van der Waals surface area contributed by atoms with E-state index in [0.717, 1.165) is 50.5 Å². The summed E-state index contributed by atoms with van der Waals surface area (Å²) in [6.07, 6.45) is 9.53. The van der Waals surface area contributed by atoms with Gasteiger partial charge in [0, 0.05) is 29.6 Å². The third kappa shape index (κ3) is 3.71. The quantitative estimate of drug-likeness (QED) is 0.461. The minimum Gasteiger partial charge on any atom is -0.349 e. The highest BCUT2D eigenvalue weighted by Gasteiger charge is 2.69. The topological polar surface area (TPSA) is 84.7 Å². The van der Waals surface area contributed by atoms with Crippen LogP contribution in [0.25, 0.3) is 4.85 Å². The second-order valence-corrected chi connectivity index (χ2v) is 14.9. The number of carbonyl (C=O) groups is 4. The van der Waals surface area contributed by atoms with Crippen molar-refractivity contribution in [3.63, 3.8) is 0 Å². The molecule has 5 aliphatic rings. The highest BCUT2D eigenvalue weighted by atomic mass is 16.2. The van der Waals surface area contributed by atoms with Crippen LogP contribution in [0.4, 0.5) is 0 Å². The maximum Gasteiger partial charge on any atom is 0.226 e. The Hall–Kier alpha value is -2.55. The zero-order valence-electron chi connectivity index (χ0n) is 24.7. The van der Waals surface area contributed by atoms with Crippen molar-refractivity contribution in [3.8, 4) is 0 Å². The molecule has 3 saturated carbocycles. The van der Waals surface area contributed by atoms with Crippen LogP contribution in [0, 0.1) is 57.3 Å². The van der Waals surface area contributed by atoms with Gasteiger partial charge < -0.3 is 10.1 Å². The Balaban J connectivity index is 1.65. The Labute approximate surface area is 233 Å². The van der Waals surface area contributed by atoms with Gasteiger partial charge in [-0.3, -0.25) is 14.4 Å². The maximum absolute atomic E-state index is 14.4. The van der Waals surface area contributed by atoms with Crippen molar-refractivity contribution >= 4 is 23.3 Å². The normalized spacial score (nSPS) is 44.4. The largest absolute Gasteiger partial charge is 0.349 e. The molecule has 210 valence electrons. The lowest BCUT2D eigenvalue weighted by Crippen LogP contribution is -2.65. The van der Waals surface area contributed by atoms with E-state index >= 15 is 0 Å². The Morgan fingerprint density at radius 2 is 1.69 bits per heavy atom. The molecule has 0 radical (unpaired) electrons. The second-order valence-electron chi connectivity index (χ2n) is 14.9. The summed E-state index contributed by atoms with van der Waals surface area (Å²) in [7, 11) is 0. The van der Waals surface area contributed by atoms with E-state index < -0.39 is 10.8 Å². The van der Waals surface area contributed by atoms with Crippen LogP contribution in [0.15, 0.2) is 23.4 Å². The van der Waals surface area contributed by atoms with Crippen LogP contribution in [0.3, 0.4) is 0 Å². The molecule has 0 bridgehead atoms. The van der Waals surface area contributed by atoms with Gasteiger partial charge in [-0.2, -0.15) is 0 Å². The van der Waals surface area contributed by atoms with Crippen molar-refractivity contribution in [2.75, 3.05) is 6.54 Å². The first-order chi connectivity index (χ1) is 18.1. The van der Waals surface area contributed by atoms with Crippen LogP contribution < -0.4 is 5.32 Å². The molecule has 0 aromatic carbocycles. The first-order valence-electron chi connectivity index (χ1n) is 14.8. The summed E-state index contributed by atoms with van der Waals surface area (Å²) in [6, 6.07) is 0. The molecule has 8 atom stereocenters. The summed E-state index contributed by atoms with van der Waals surface area (Å²) in [5.74, 6) is -0.631. The van der Waals surface area contributed by atoms with E-state index in [1.165, 1.54) is 6.92 Å². The Kier molecular flexibility index (Phi) is 6.26. The Bertz CT molecular complexity index is 1270. The molecule has 0 spiro atoms. The molecule has 39 heavy (non-hydrogen) atoms. The number of nitrogens with one attached hydrogen (secondary N) is 1. The van der Waals surface area contributed by atoms with Crippen molar-refractivity contribution < 1.29 is 19.2 Å². The molecule has 5 aliphatic carbocycles. The summed E-state index contributed by atoms with van der Waals surface area (Å²) in [6.45, 7) is 22.3. The van der Waals surface area contributed by atoms with Gasteiger partial charge in [0.05, 0.1) is 13.1 Å². The third-order valence-corrected chi connectivity index (χ3v) is 12.5. The summed E-state index contributed by atoms with van der Waals surface area (Å²) in [4.78, 5) is 56.5. The van der Waals surface area contributed by atoms with Gasteiger partial charge in [0.15, 0.2) is 17.3 Å². The van der Waals surface area contributed by atoms with E-state index in [-0.39, 0.29) is 75.4 Å². The molecular formula is C33H44N2O4. The number of Topliss-reactive ketones (excluding diaryl/α,β-unsaturated/α-hetero) is 2. The molecule has 6 heteroatoms. The number of carbonyl (C=O) groups excluding carboxylic acids is 4. The van der Waals surface area contributed by atoms with Gasteiger partial charge in [-0.1, -0.05) is 53.2 Å². The van der Waals surface area contributed by atoms with Crippen molar-refractivity contribution in [3.05, 3.63) is 34.8 Å². The molecule has 0 unspecified atom stereocenters. The van der Waals surface area contributed by atoms with Crippen LogP contribution in [0.5, 0.6) is 0 Å². The lowest BCUT2D eigenvalue weighted by Gasteiger charge is -2.68. The van der Waals surface area contributed by atoms with E-state index in [1.54, 1.807) is 0 Å². The molecule has 1 N–H and O–H groups in total. The number of fused-ring (bicyclic) bond motifs is 7. The number of hydrogen-bond acceptors (Lipinski definition) is 4. The van der Waals surface area contributed by atoms with Crippen LogP contribution in [0.2, 0.25) is 0 Å². The molecule has 0 aliphatic heterocycles. The van der Waals surface area contributed by atoms with Crippen molar-refractivity contribution in [2.45, 2.75) is 93.4 Å². The van der Waals surface area contributed by atoms with Gasteiger partial charge in [-0.25, -0.2) is 4.85 Å². The number of allylic oxidation sites excluding steroid dienone is 4. The number of amides is 1. The second kappa shape index (κ2) is 8.72. The first-order valence-corrected chi connectivity index (χ1v) is 14.8. The van der Waals surface area contributed by atoms with E-state index in [0.29, 0.717) is 0 Å². The van der Waals surface area contributed by atoms with Crippen LogP contribution in [-0.2, 0) is 19.2 Å². The van der Waals surface area contributed by atoms with Crippen molar-refractivity contribution in [2.24, 2.45) is 50.7 Å². The lowest BCUT2D eigenvalue weighted by molar-refractivity contribution is -0.176. The highest BCUT2D eigenvalue weighted by molar-refractivity contribution is 6.01. The molecular weight excluding hydrogens is 488 g/mol. The van der Waals surface area contributed by atoms with Gasteiger partial charge in [0.2, 0.25) is 11.6 Å². The molecule has 6 nitrogen and oxygen atoms in total. The number of nitrogens with zero attached hydrogens (tertiary/aromatic N) is 1. The fraction of sp³-hybridized carbons (Fsp3) is 0.727. The van der Waals surface area contributed by atoms with Gasteiger partial charge >= 0.3 is 0 Å². The fourth-order valence-corrected chi connectivity index (χ4v) is 10.1. The molecule has 0 heterocycles. The number of ketones is 3. The minimum atomic E-state index is -0.594. The van der Waals surface area contributed by atoms with Gasteiger partial charge in [0.25, 0.3) is 0 Å². The van der Waals surface area contributed by atoms with E-state index in [9.17, 15) is 19.2 Å². The Morgan fingerprint density at radius 3 is 2.33 bits per heavy atom. The van der Waals surface area contributed by atoms with E-state index in [4.69, 9.17) is 6.57 Å². The molecule has 3 fully saturated rings. The van der Waals surface area contributed by atoms with Crippen LogP contribution in [-0.4, -0.2) is 29.8 Å². The maximum atomic E-state index is 14.4. The smallest absolute Gasteiger partial charge is 0.226 e. The van der Waals surface area contributed by atoms with Gasteiger partial charge in [-0.15, -0.1) is 0 Å². The Morgan fingerprint density at radius 1 is 1.03 bits per heavy atom. The van der Waals surface area contributed by atoms with Gasteiger partial charge in [0.1, 0.15) is 0 Å². The predicted octanol–water partition coefficient (Wildman–Crippen LogP) is 5.87. The lowest BCUT2D eigenvalue weighted by atomic mass is 9.34. The monoisotopic (exact) mass is 532 g/mol. The summed E-state index contributed by atoms with van der Waals surface area (Å²) >= 11 is 0.